The van der Waals surface area contributed by atoms with Gasteiger partial charge in [0.2, 0.25) is 21.8 Å². The number of sulfonamides is 1. The van der Waals surface area contributed by atoms with Crippen molar-refractivity contribution < 1.29 is 22.9 Å². The molecule has 0 aromatic heterocycles. The number of carbonyl (C=O) groups is 2. The summed E-state index contributed by atoms with van der Waals surface area (Å²) in [4.78, 5) is 38.4. The predicted octanol–water partition coefficient (Wildman–Crippen LogP) is 4.17. The lowest BCUT2D eigenvalue weighted by molar-refractivity contribution is -0.384. The molecule has 0 aliphatic rings. The summed E-state index contributed by atoms with van der Waals surface area (Å²) in [6, 6.07) is 7.54. The molecule has 1 atom stereocenters. The molecule has 0 saturated carbocycles. The van der Waals surface area contributed by atoms with Crippen LogP contribution in [0.15, 0.2) is 36.4 Å². The molecule has 0 saturated heterocycles. The second-order valence-electron chi connectivity index (χ2n) is 9.03. The first-order valence-electron chi connectivity index (χ1n) is 11.4. The van der Waals surface area contributed by atoms with Crippen LogP contribution in [0.3, 0.4) is 0 Å². The van der Waals surface area contributed by atoms with Crippen molar-refractivity contribution in [2.45, 2.75) is 40.3 Å². The van der Waals surface area contributed by atoms with Gasteiger partial charge in [0.1, 0.15) is 12.6 Å². The third-order valence-electron chi connectivity index (χ3n) is 5.59. The number of nitrogens with zero attached hydrogens (tertiary/aromatic N) is 3. The van der Waals surface area contributed by atoms with Gasteiger partial charge in [0.05, 0.1) is 16.9 Å². The van der Waals surface area contributed by atoms with Crippen molar-refractivity contribution in [3.63, 3.8) is 0 Å². The summed E-state index contributed by atoms with van der Waals surface area (Å²) in [5, 5.41) is 14.6. The Bertz CT molecular complexity index is 1270. The van der Waals surface area contributed by atoms with Crippen LogP contribution in [0.5, 0.6) is 0 Å². The van der Waals surface area contributed by atoms with E-state index in [2.05, 4.69) is 5.32 Å². The molecule has 0 unspecified atom stereocenters. The molecule has 1 N–H and O–H groups in total. The van der Waals surface area contributed by atoms with Gasteiger partial charge >= 0.3 is 0 Å². The molecule has 10 nitrogen and oxygen atoms in total. The van der Waals surface area contributed by atoms with Gasteiger partial charge in [-0.3, -0.25) is 24.0 Å². The lowest BCUT2D eigenvalue weighted by atomic mass is 10.1. The van der Waals surface area contributed by atoms with Crippen LogP contribution in [0, 0.1) is 23.0 Å². The number of rotatable bonds is 11. The number of non-ortho nitro benzene ring substituents is 1. The highest BCUT2D eigenvalue weighted by Crippen LogP contribution is 2.29. The van der Waals surface area contributed by atoms with Gasteiger partial charge < -0.3 is 10.2 Å². The van der Waals surface area contributed by atoms with Crippen molar-refractivity contribution >= 4 is 56.4 Å². The Labute approximate surface area is 226 Å². The number of benzene rings is 2. The lowest BCUT2D eigenvalue weighted by Gasteiger charge is -2.32. The van der Waals surface area contributed by atoms with E-state index < -0.39 is 39.3 Å². The van der Waals surface area contributed by atoms with Gasteiger partial charge in [0, 0.05) is 40.8 Å². The molecule has 0 bridgehead atoms. The zero-order chi connectivity index (χ0) is 28.1. The van der Waals surface area contributed by atoms with Gasteiger partial charge in [-0.15, -0.1) is 0 Å². The maximum atomic E-state index is 13.6. The number of aryl methyl sites for hydroxylation is 1. The third-order valence-corrected chi connectivity index (χ3v) is 7.43. The molecule has 2 rings (SSSR count). The summed E-state index contributed by atoms with van der Waals surface area (Å²) in [7, 11) is -4.06. The maximum Gasteiger partial charge on any atom is 0.271 e. The maximum absolute atomic E-state index is 13.6. The fourth-order valence-corrected chi connectivity index (χ4v) is 4.88. The molecule has 2 amide bonds. The Morgan fingerprint density at radius 2 is 1.70 bits per heavy atom. The van der Waals surface area contributed by atoms with Crippen LogP contribution >= 0.6 is 23.2 Å². The van der Waals surface area contributed by atoms with Crippen molar-refractivity contribution in [1.29, 1.82) is 0 Å². The minimum absolute atomic E-state index is 0.0160. The lowest BCUT2D eigenvalue weighted by Crippen LogP contribution is -2.51. The van der Waals surface area contributed by atoms with Gasteiger partial charge in [-0.1, -0.05) is 49.2 Å². The van der Waals surface area contributed by atoms with E-state index in [0.29, 0.717) is 17.7 Å². The van der Waals surface area contributed by atoms with Gasteiger partial charge in [-0.2, -0.15) is 0 Å². The fraction of sp³-hybridized carbons (Fsp3) is 0.417. The average Bonchev–Trinajstić information content (AvgIpc) is 2.80. The van der Waals surface area contributed by atoms with E-state index in [1.807, 2.05) is 13.8 Å². The number of hydrogen-bond donors (Lipinski definition) is 1. The highest BCUT2D eigenvalue weighted by Gasteiger charge is 2.32. The van der Waals surface area contributed by atoms with Crippen LogP contribution in [-0.2, 0) is 26.2 Å². The molecule has 202 valence electrons. The van der Waals surface area contributed by atoms with E-state index in [0.717, 1.165) is 16.6 Å². The van der Waals surface area contributed by atoms with Crippen LogP contribution in [0.2, 0.25) is 10.0 Å². The SMILES string of the molecule is Cc1ccc([N+](=O)[O-])cc1N(CC(=O)N(Cc1c(Cl)cccc1Cl)[C@@H](C)C(=O)NCC(C)C)S(C)(=O)=O. The topological polar surface area (TPSA) is 130 Å². The van der Waals surface area contributed by atoms with E-state index in [1.54, 1.807) is 25.1 Å². The monoisotopic (exact) mass is 572 g/mol. The Balaban J connectivity index is 2.52. The van der Waals surface area contributed by atoms with E-state index in [1.165, 1.54) is 24.0 Å². The molecule has 0 aliphatic heterocycles. The number of halogens is 2. The van der Waals surface area contributed by atoms with E-state index in [4.69, 9.17) is 23.2 Å². The Morgan fingerprint density at radius 1 is 1.11 bits per heavy atom. The largest absolute Gasteiger partial charge is 0.354 e. The number of anilines is 1. The number of hydrogen-bond acceptors (Lipinski definition) is 6. The molecule has 37 heavy (non-hydrogen) atoms. The van der Waals surface area contributed by atoms with Gasteiger partial charge in [0.25, 0.3) is 5.69 Å². The van der Waals surface area contributed by atoms with Gasteiger partial charge in [0.15, 0.2) is 0 Å². The van der Waals surface area contributed by atoms with E-state index >= 15 is 0 Å². The summed E-state index contributed by atoms with van der Waals surface area (Å²) in [6.07, 6.45) is 0.895. The van der Waals surface area contributed by atoms with E-state index in [-0.39, 0.29) is 33.9 Å². The minimum Gasteiger partial charge on any atom is -0.354 e. The van der Waals surface area contributed by atoms with Crippen LogP contribution < -0.4 is 9.62 Å². The summed E-state index contributed by atoms with van der Waals surface area (Å²) >= 11 is 12.6. The van der Waals surface area contributed by atoms with E-state index in [9.17, 15) is 28.1 Å². The molecular formula is C24H30Cl2N4O6S. The van der Waals surface area contributed by atoms with Crippen molar-refractivity contribution in [2.24, 2.45) is 5.92 Å². The smallest absolute Gasteiger partial charge is 0.271 e. The summed E-state index contributed by atoms with van der Waals surface area (Å²) < 4.78 is 26.3. The molecule has 0 spiro atoms. The molecule has 2 aromatic carbocycles. The van der Waals surface area contributed by atoms with Crippen LogP contribution in [0.4, 0.5) is 11.4 Å². The van der Waals surface area contributed by atoms with Crippen molar-refractivity contribution in [3.8, 4) is 0 Å². The van der Waals surface area contributed by atoms with Gasteiger partial charge in [-0.25, -0.2) is 8.42 Å². The number of nitro groups is 1. The Kier molecular flexibility index (Phi) is 10.3. The van der Waals surface area contributed by atoms with Crippen molar-refractivity contribution in [1.82, 2.24) is 10.2 Å². The minimum atomic E-state index is -4.06. The summed E-state index contributed by atoms with van der Waals surface area (Å²) in [5.74, 6) is -1.00. The number of nitrogens with one attached hydrogen (secondary N) is 1. The number of amides is 2. The molecule has 2 aromatic rings. The molecular weight excluding hydrogens is 543 g/mol. The molecule has 0 fully saturated rings. The second-order valence-corrected chi connectivity index (χ2v) is 11.8. The van der Waals surface area contributed by atoms with Crippen LogP contribution in [0.1, 0.15) is 31.9 Å². The second kappa shape index (κ2) is 12.6. The molecule has 13 heteroatoms. The van der Waals surface area contributed by atoms with Gasteiger partial charge in [-0.05, 0) is 37.5 Å². The summed E-state index contributed by atoms with van der Waals surface area (Å²) in [6.45, 7) is 6.43. The molecule has 0 radical (unpaired) electrons. The zero-order valence-electron chi connectivity index (χ0n) is 21.2. The first-order valence-corrected chi connectivity index (χ1v) is 14.0. The average molecular weight is 573 g/mol. The van der Waals surface area contributed by atoms with Crippen LogP contribution in [0.25, 0.3) is 0 Å². The number of nitro benzene ring substituents is 1. The number of carbonyl (C=O) groups excluding carboxylic acids is 2. The third kappa shape index (κ3) is 8.05. The fourth-order valence-electron chi connectivity index (χ4n) is 3.46. The predicted molar refractivity (Wildman–Crippen MR) is 144 cm³/mol. The Morgan fingerprint density at radius 3 is 2.22 bits per heavy atom. The Hall–Kier alpha value is -2.89. The first kappa shape index (κ1) is 30.3. The molecule has 0 heterocycles. The quantitative estimate of drug-likeness (QED) is 0.317. The highest BCUT2D eigenvalue weighted by atomic mass is 35.5. The summed E-state index contributed by atoms with van der Waals surface area (Å²) in [5.41, 5.74) is 0.452. The highest BCUT2D eigenvalue weighted by molar-refractivity contribution is 7.92. The zero-order valence-corrected chi connectivity index (χ0v) is 23.5. The normalized spacial score (nSPS) is 12.2. The first-order chi connectivity index (χ1) is 17.1. The van der Waals surface area contributed by atoms with Crippen molar-refractivity contribution in [2.75, 3.05) is 23.7 Å². The molecule has 0 aliphatic carbocycles. The van der Waals surface area contributed by atoms with Crippen molar-refractivity contribution in [3.05, 3.63) is 67.7 Å². The van der Waals surface area contributed by atoms with Crippen LogP contribution in [-0.4, -0.2) is 55.4 Å². The standard InChI is InChI=1S/C24H30Cl2N4O6S/c1-15(2)12-27-24(32)17(4)28(13-19-20(25)7-6-8-21(19)26)23(31)14-29(37(5,35)36)22-11-18(30(33)34)10-9-16(22)3/h6-11,15,17H,12-14H2,1-5H3,(H,27,32)/t17-/m0/s1.